The number of morpholine rings is 1. The maximum atomic E-state index is 12.5. The van der Waals surface area contributed by atoms with Crippen LogP contribution in [0.3, 0.4) is 0 Å². The molecule has 152 valence electrons. The number of carbonyl (C=O) groups is 3. The van der Waals surface area contributed by atoms with Gasteiger partial charge in [-0.05, 0) is 42.5 Å². The molecule has 2 N–H and O–H groups in total. The van der Waals surface area contributed by atoms with Crippen LogP contribution in [-0.2, 0) is 9.53 Å². The summed E-state index contributed by atoms with van der Waals surface area (Å²) >= 11 is 5.80. The maximum Gasteiger partial charge on any atom is 0.254 e. The molecule has 8 heteroatoms. The minimum atomic E-state index is -0.271. The summed E-state index contributed by atoms with van der Waals surface area (Å²) in [5.41, 5.74) is 1.53. The van der Waals surface area contributed by atoms with E-state index in [4.69, 9.17) is 16.3 Å². The van der Waals surface area contributed by atoms with Gasteiger partial charge in [0.2, 0.25) is 5.91 Å². The molecule has 1 fully saturated rings. The molecule has 0 spiro atoms. The van der Waals surface area contributed by atoms with Gasteiger partial charge in [-0.2, -0.15) is 0 Å². The zero-order chi connectivity index (χ0) is 20.6. The average Bonchev–Trinajstić information content (AvgIpc) is 2.74. The summed E-state index contributed by atoms with van der Waals surface area (Å²) < 4.78 is 5.26. The molecule has 0 radical (unpaired) electrons. The van der Waals surface area contributed by atoms with Crippen molar-refractivity contribution < 1.29 is 19.1 Å². The van der Waals surface area contributed by atoms with Gasteiger partial charge in [0.25, 0.3) is 11.8 Å². The molecule has 1 aliphatic heterocycles. The molecule has 3 amide bonds. The van der Waals surface area contributed by atoms with E-state index in [-0.39, 0.29) is 30.7 Å². The first-order chi connectivity index (χ1) is 14.0. The van der Waals surface area contributed by atoms with Crippen LogP contribution < -0.4 is 10.6 Å². The summed E-state index contributed by atoms with van der Waals surface area (Å²) in [7, 11) is 0. The molecule has 1 aliphatic rings. The van der Waals surface area contributed by atoms with Crippen LogP contribution in [0.5, 0.6) is 0 Å². The third-order valence-corrected chi connectivity index (χ3v) is 4.69. The fourth-order valence-corrected chi connectivity index (χ4v) is 3.02. The number of halogens is 1. The highest BCUT2D eigenvalue weighted by Crippen LogP contribution is 2.14. The van der Waals surface area contributed by atoms with Gasteiger partial charge in [0.15, 0.2) is 0 Å². The number of nitrogens with zero attached hydrogens (tertiary/aromatic N) is 1. The van der Waals surface area contributed by atoms with Gasteiger partial charge >= 0.3 is 0 Å². The molecule has 3 rings (SSSR count). The highest BCUT2D eigenvalue weighted by molar-refractivity contribution is 6.30. The Balaban J connectivity index is 1.48. The van der Waals surface area contributed by atoms with Gasteiger partial charge in [-0.3, -0.25) is 14.4 Å². The molecule has 0 bridgehead atoms. The molecule has 0 atom stereocenters. The van der Waals surface area contributed by atoms with Gasteiger partial charge in [0.05, 0.1) is 13.2 Å². The summed E-state index contributed by atoms with van der Waals surface area (Å²) in [6.45, 7) is 2.37. The monoisotopic (exact) mass is 415 g/mol. The van der Waals surface area contributed by atoms with Gasteiger partial charge in [0.1, 0.15) is 0 Å². The zero-order valence-electron chi connectivity index (χ0n) is 15.8. The van der Waals surface area contributed by atoms with Crippen molar-refractivity contribution >= 4 is 35.0 Å². The van der Waals surface area contributed by atoms with Crippen LogP contribution in [0.1, 0.15) is 27.1 Å². The van der Waals surface area contributed by atoms with E-state index in [1.807, 2.05) is 0 Å². The molecule has 7 nitrogen and oxygen atoms in total. The van der Waals surface area contributed by atoms with E-state index in [0.29, 0.717) is 48.1 Å². The van der Waals surface area contributed by atoms with Crippen molar-refractivity contribution in [2.45, 2.75) is 6.42 Å². The van der Waals surface area contributed by atoms with E-state index in [1.165, 1.54) is 0 Å². The molecule has 1 heterocycles. The Morgan fingerprint density at radius 1 is 1.00 bits per heavy atom. The first-order valence-electron chi connectivity index (χ1n) is 9.33. The van der Waals surface area contributed by atoms with Gasteiger partial charge in [-0.15, -0.1) is 0 Å². The van der Waals surface area contributed by atoms with E-state index in [0.717, 1.165) is 0 Å². The number of hydrogen-bond acceptors (Lipinski definition) is 4. The lowest BCUT2D eigenvalue weighted by molar-refractivity contribution is -0.116. The third kappa shape index (κ3) is 6.04. The van der Waals surface area contributed by atoms with Gasteiger partial charge < -0.3 is 20.3 Å². The van der Waals surface area contributed by atoms with Crippen molar-refractivity contribution in [3.05, 3.63) is 64.7 Å². The van der Waals surface area contributed by atoms with E-state index >= 15 is 0 Å². The van der Waals surface area contributed by atoms with Crippen LogP contribution in [0, 0.1) is 0 Å². The normalized spacial score (nSPS) is 13.6. The smallest absolute Gasteiger partial charge is 0.254 e. The summed E-state index contributed by atoms with van der Waals surface area (Å²) in [4.78, 5) is 38.5. The van der Waals surface area contributed by atoms with Crippen LogP contribution >= 0.6 is 11.6 Å². The second-order valence-electron chi connectivity index (χ2n) is 6.55. The number of benzene rings is 2. The average molecular weight is 416 g/mol. The molecule has 0 saturated carbocycles. The van der Waals surface area contributed by atoms with Crippen molar-refractivity contribution in [2.75, 3.05) is 38.2 Å². The van der Waals surface area contributed by atoms with Crippen LogP contribution in [0.4, 0.5) is 5.69 Å². The van der Waals surface area contributed by atoms with Crippen LogP contribution in [-0.4, -0.2) is 55.5 Å². The minimum Gasteiger partial charge on any atom is -0.378 e. The van der Waals surface area contributed by atoms with Crippen molar-refractivity contribution in [3.63, 3.8) is 0 Å². The second-order valence-corrected chi connectivity index (χ2v) is 6.98. The molecule has 1 saturated heterocycles. The fraction of sp³-hybridized carbons (Fsp3) is 0.286. The molecular weight excluding hydrogens is 394 g/mol. The van der Waals surface area contributed by atoms with Gasteiger partial charge in [0, 0.05) is 47.9 Å². The lowest BCUT2D eigenvalue weighted by atomic mass is 10.1. The molecule has 2 aromatic carbocycles. The molecule has 0 aliphatic carbocycles. The lowest BCUT2D eigenvalue weighted by Crippen LogP contribution is -2.40. The lowest BCUT2D eigenvalue weighted by Gasteiger charge is -2.27. The summed E-state index contributed by atoms with van der Waals surface area (Å²) in [5, 5.41) is 6.00. The Morgan fingerprint density at radius 3 is 2.45 bits per heavy atom. The topological polar surface area (TPSA) is 87.7 Å². The third-order valence-electron chi connectivity index (χ3n) is 4.44. The number of carbonyl (C=O) groups excluding carboxylic acids is 3. The highest BCUT2D eigenvalue weighted by Gasteiger charge is 2.18. The summed E-state index contributed by atoms with van der Waals surface area (Å²) in [5.74, 6) is -0.607. The number of anilines is 1. The summed E-state index contributed by atoms with van der Waals surface area (Å²) in [6, 6.07) is 13.3. The first kappa shape index (κ1) is 20.8. The highest BCUT2D eigenvalue weighted by atomic mass is 35.5. The second kappa shape index (κ2) is 10.0. The Hall–Kier alpha value is -2.90. The van der Waals surface area contributed by atoms with E-state index in [2.05, 4.69) is 10.6 Å². The van der Waals surface area contributed by atoms with E-state index in [9.17, 15) is 14.4 Å². The largest absolute Gasteiger partial charge is 0.378 e. The van der Waals surface area contributed by atoms with Crippen LogP contribution in [0.25, 0.3) is 0 Å². The van der Waals surface area contributed by atoms with Crippen molar-refractivity contribution in [3.8, 4) is 0 Å². The number of rotatable bonds is 6. The minimum absolute atomic E-state index is 0.0837. The predicted octanol–water partition coefficient (Wildman–Crippen LogP) is 2.57. The SMILES string of the molecule is O=C(CCNC(=O)c1ccc(Cl)cc1)Nc1cccc(C(=O)N2CCOCC2)c1. The van der Waals surface area contributed by atoms with Crippen molar-refractivity contribution in [2.24, 2.45) is 0 Å². The number of nitrogens with one attached hydrogen (secondary N) is 2. The van der Waals surface area contributed by atoms with E-state index < -0.39 is 0 Å². The van der Waals surface area contributed by atoms with Crippen LogP contribution in [0.2, 0.25) is 5.02 Å². The number of amides is 3. The standard InChI is InChI=1S/C21H22ClN3O4/c22-17-6-4-15(5-7-17)20(27)23-9-8-19(26)24-18-3-1-2-16(14-18)21(28)25-10-12-29-13-11-25/h1-7,14H,8-13H2,(H,23,27)(H,24,26). The van der Waals surface area contributed by atoms with Gasteiger partial charge in [-0.25, -0.2) is 0 Å². The Kier molecular flexibility index (Phi) is 7.21. The van der Waals surface area contributed by atoms with Gasteiger partial charge in [-0.1, -0.05) is 17.7 Å². The molecular formula is C21H22ClN3O4. The van der Waals surface area contributed by atoms with Crippen LogP contribution in [0.15, 0.2) is 48.5 Å². The number of ether oxygens (including phenoxy) is 1. The predicted molar refractivity (Wildman–Crippen MR) is 110 cm³/mol. The van der Waals surface area contributed by atoms with E-state index in [1.54, 1.807) is 53.4 Å². The van der Waals surface area contributed by atoms with Crippen molar-refractivity contribution in [1.29, 1.82) is 0 Å². The quantitative estimate of drug-likeness (QED) is 0.759. The molecule has 29 heavy (non-hydrogen) atoms. The Bertz CT molecular complexity index is 880. The summed E-state index contributed by atoms with van der Waals surface area (Å²) in [6.07, 6.45) is 0.112. The fourth-order valence-electron chi connectivity index (χ4n) is 2.90. The van der Waals surface area contributed by atoms with Crippen molar-refractivity contribution in [1.82, 2.24) is 10.2 Å². The molecule has 0 aromatic heterocycles. The Morgan fingerprint density at radius 2 is 1.72 bits per heavy atom. The molecule has 2 aromatic rings. The Labute approximate surface area is 174 Å². The zero-order valence-corrected chi connectivity index (χ0v) is 16.6. The number of hydrogen-bond donors (Lipinski definition) is 2. The first-order valence-corrected chi connectivity index (χ1v) is 9.71. The molecule has 0 unspecified atom stereocenters. The maximum absolute atomic E-state index is 12.5.